The highest BCUT2D eigenvalue weighted by Crippen LogP contribution is 2.70. The second kappa shape index (κ2) is 11.8. The zero-order valence-corrected chi connectivity index (χ0v) is 27.3. The van der Waals surface area contributed by atoms with Gasteiger partial charge in [0.25, 0.3) is 0 Å². The van der Waals surface area contributed by atoms with Crippen molar-refractivity contribution in [3.05, 3.63) is 30.1 Å². The largest absolute Gasteiger partial charge is 0.475 e. The zero-order chi connectivity index (χ0) is 29.9. The molecule has 4 aliphatic carbocycles. The maximum Gasteiger partial charge on any atom is 0.475 e. The first-order chi connectivity index (χ1) is 20.0. The molecular weight excluding hydrogens is 549 g/mol. The highest BCUT2D eigenvalue weighted by Gasteiger charge is 2.65. The van der Waals surface area contributed by atoms with Crippen LogP contribution >= 0.6 is 7.82 Å². The van der Waals surface area contributed by atoms with E-state index in [9.17, 15) is 14.8 Å². The van der Waals surface area contributed by atoms with Gasteiger partial charge in [-0.15, -0.1) is 0 Å². The number of hydrogen-bond acceptors (Lipinski definition) is 7. The number of phosphoric ester groups is 1. The Labute approximate surface area is 253 Å². The van der Waals surface area contributed by atoms with E-state index in [-0.39, 0.29) is 35.1 Å². The van der Waals surface area contributed by atoms with Gasteiger partial charge < -0.3 is 10.2 Å². The Bertz CT molecular complexity index is 1130. The molecule has 4 unspecified atom stereocenters. The molecule has 7 nitrogen and oxygen atoms in total. The van der Waals surface area contributed by atoms with Gasteiger partial charge in [-0.2, -0.15) is 0 Å². The summed E-state index contributed by atoms with van der Waals surface area (Å²) in [5.41, 5.74) is 1.34. The van der Waals surface area contributed by atoms with Gasteiger partial charge in [0, 0.05) is 18.8 Å². The van der Waals surface area contributed by atoms with E-state index in [1.807, 2.05) is 12.1 Å². The van der Waals surface area contributed by atoms with Crippen molar-refractivity contribution >= 4 is 7.82 Å². The Morgan fingerprint density at radius 3 is 2.45 bits per heavy atom. The number of aliphatic hydroxyl groups excluding tert-OH is 2. The molecule has 1 saturated heterocycles. The number of rotatable bonds is 7. The van der Waals surface area contributed by atoms with E-state index in [1.165, 1.54) is 25.7 Å². The van der Waals surface area contributed by atoms with Crippen LogP contribution in [0.15, 0.2) is 24.5 Å². The number of hydrogen-bond donors (Lipinski definition) is 2. The molecule has 5 fully saturated rings. The molecule has 4 saturated carbocycles. The van der Waals surface area contributed by atoms with Gasteiger partial charge in [-0.3, -0.25) is 18.6 Å². The molecule has 42 heavy (non-hydrogen) atoms. The lowest BCUT2D eigenvalue weighted by Gasteiger charge is -2.65. The minimum absolute atomic E-state index is 0.190. The minimum atomic E-state index is -3.61. The van der Waals surface area contributed by atoms with E-state index in [1.54, 1.807) is 12.4 Å². The molecule has 0 amide bonds. The molecule has 2 N–H and O–H groups in total. The van der Waals surface area contributed by atoms with Crippen molar-refractivity contribution in [2.75, 3.05) is 13.2 Å². The molecule has 0 aromatic carbocycles. The average Bonchev–Trinajstić information content (AvgIpc) is 3.31. The molecule has 5 aliphatic rings. The number of fused-ring (bicyclic) bond motifs is 5. The predicted octanol–water partition coefficient (Wildman–Crippen LogP) is 7.58. The fraction of sp³-hybridized carbons (Fsp3) is 0.853. The standard InChI is InChI=1S/C34H54NO6P/c1-21(2)30-28-20-24(36)8-14-34(28,5)27-9-15-33(4)25(6-7-26(33)31(27)32(30)37)22(3)12-18-39-42(38)40-19-13-29(41-42)23-10-16-35-17-11-23/h10-11,16-17,21-22,24-32,36-37H,6-9,12-15,18-20H2,1-5H3/t22-,24-,25-,26?,27?,28?,29+,30-,31?,32-,33-,34-,42+/m1/s1. The van der Waals surface area contributed by atoms with Gasteiger partial charge >= 0.3 is 7.82 Å². The van der Waals surface area contributed by atoms with Gasteiger partial charge in [-0.05, 0) is 127 Å². The van der Waals surface area contributed by atoms with Gasteiger partial charge in [0.1, 0.15) is 0 Å². The van der Waals surface area contributed by atoms with Crippen LogP contribution < -0.4 is 0 Å². The summed E-state index contributed by atoms with van der Waals surface area (Å²) in [7, 11) is -3.61. The predicted molar refractivity (Wildman–Crippen MR) is 162 cm³/mol. The molecule has 1 aliphatic heterocycles. The lowest BCUT2D eigenvalue weighted by Crippen LogP contribution is -2.63. The van der Waals surface area contributed by atoms with Gasteiger partial charge in [-0.25, -0.2) is 4.57 Å². The van der Waals surface area contributed by atoms with Crippen LogP contribution in [0.2, 0.25) is 0 Å². The first kappa shape index (κ1) is 31.2. The molecular formula is C34H54NO6P. The normalized spacial score (nSPS) is 47.9. The highest BCUT2D eigenvalue weighted by atomic mass is 31.2. The molecule has 0 spiro atoms. The van der Waals surface area contributed by atoms with Crippen LogP contribution in [0.1, 0.15) is 104 Å². The summed E-state index contributed by atoms with van der Waals surface area (Å²) >= 11 is 0. The van der Waals surface area contributed by atoms with E-state index in [4.69, 9.17) is 13.6 Å². The molecule has 1 aromatic rings. The number of aliphatic hydroxyl groups is 2. The topological polar surface area (TPSA) is 98.1 Å². The van der Waals surface area contributed by atoms with E-state index in [0.29, 0.717) is 61.1 Å². The third-order valence-corrected chi connectivity index (χ3v) is 14.6. The lowest BCUT2D eigenvalue weighted by molar-refractivity contribution is -0.211. The van der Waals surface area contributed by atoms with Crippen molar-refractivity contribution in [2.24, 2.45) is 58.2 Å². The van der Waals surface area contributed by atoms with Crippen molar-refractivity contribution in [2.45, 2.75) is 111 Å². The Kier molecular flexibility index (Phi) is 8.79. The van der Waals surface area contributed by atoms with Crippen LogP contribution in [0.25, 0.3) is 0 Å². The highest BCUT2D eigenvalue weighted by molar-refractivity contribution is 7.48. The average molecular weight is 604 g/mol. The minimum Gasteiger partial charge on any atom is -0.393 e. The molecule has 0 radical (unpaired) electrons. The summed E-state index contributed by atoms with van der Waals surface area (Å²) in [6.07, 6.45) is 11.7. The second-order valence-electron chi connectivity index (χ2n) is 15.4. The van der Waals surface area contributed by atoms with Crippen molar-refractivity contribution in [3.8, 4) is 0 Å². The quantitative estimate of drug-likeness (QED) is 0.310. The summed E-state index contributed by atoms with van der Waals surface area (Å²) in [4.78, 5) is 4.07. The third kappa shape index (κ3) is 5.36. The van der Waals surface area contributed by atoms with Crippen LogP contribution in [-0.2, 0) is 18.1 Å². The summed E-state index contributed by atoms with van der Waals surface area (Å²) in [5.74, 6) is 3.42. The second-order valence-corrected chi connectivity index (χ2v) is 17.0. The van der Waals surface area contributed by atoms with Crippen molar-refractivity contribution < 1.29 is 28.3 Å². The monoisotopic (exact) mass is 603 g/mol. The maximum atomic E-state index is 13.3. The van der Waals surface area contributed by atoms with Gasteiger partial charge in [0.15, 0.2) is 0 Å². The summed E-state index contributed by atoms with van der Waals surface area (Å²) in [6.45, 7) is 12.6. The Morgan fingerprint density at radius 2 is 1.71 bits per heavy atom. The zero-order valence-electron chi connectivity index (χ0n) is 26.4. The van der Waals surface area contributed by atoms with Crippen LogP contribution in [0.4, 0.5) is 0 Å². The van der Waals surface area contributed by atoms with Crippen LogP contribution in [-0.4, -0.2) is 40.6 Å². The van der Waals surface area contributed by atoms with E-state index >= 15 is 0 Å². The summed E-state index contributed by atoms with van der Waals surface area (Å²) in [6, 6.07) is 3.78. The molecule has 13 atom stereocenters. The summed E-state index contributed by atoms with van der Waals surface area (Å²) < 4.78 is 30.6. The molecule has 8 heteroatoms. The van der Waals surface area contributed by atoms with E-state index < -0.39 is 7.82 Å². The number of nitrogens with zero attached hydrogens (tertiary/aromatic N) is 1. The van der Waals surface area contributed by atoms with Gasteiger partial charge in [0.2, 0.25) is 0 Å². The Morgan fingerprint density at radius 1 is 1.00 bits per heavy atom. The Hall–Kier alpha value is -0.820. The molecule has 1 aromatic heterocycles. The van der Waals surface area contributed by atoms with Crippen molar-refractivity contribution in [3.63, 3.8) is 0 Å². The SMILES string of the molecule is CC(C)[C@@H]1C2C[C@H](O)CC[C@]2(C)C2CC[C@@]3(C)C(CC[C@@H]3[C@H](C)CCO[P@@]3(=O)OCC[C@@H](c4ccncc4)O3)C2[C@@H]1O. The van der Waals surface area contributed by atoms with E-state index in [0.717, 1.165) is 31.2 Å². The lowest BCUT2D eigenvalue weighted by atomic mass is 9.40. The molecule has 6 rings (SSSR count). The number of pyridine rings is 1. The van der Waals surface area contributed by atoms with E-state index in [2.05, 4.69) is 39.6 Å². The van der Waals surface area contributed by atoms with Crippen LogP contribution in [0.3, 0.4) is 0 Å². The molecule has 0 bridgehead atoms. The van der Waals surface area contributed by atoms with Crippen LogP contribution in [0, 0.1) is 58.2 Å². The first-order valence-corrected chi connectivity index (χ1v) is 18.3. The number of phosphoric acid groups is 1. The summed E-state index contributed by atoms with van der Waals surface area (Å²) in [5, 5.41) is 22.8. The van der Waals surface area contributed by atoms with Gasteiger partial charge in [0.05, 0.1) is 31.5 Å². The van der Waals surface area contributed by atoms with Crippen molar-refractivity contribution in [1.82, 2.24) is 4.98 Å². The third-order valence-electron chi connectivity index (χ3n) is 13.1. The Balaban J connectivity index is 1.12. The first-order valence-electron chi connectivity index (χ1n) is 16.8. The maximum absolute atomic E-state index is 13.3. The molecule has 2 heterocycles. The van der Waals surface area contributed by atoms with Gasteiger partial charge in [-0.1, -0.05) is 34.6 Å². The molecule has 236 valence electrons. The number of aromatic nitrogens is 1. The fourth-order valence-corrected chi connectivity index (χ4v) is 12.5. The van der Waals surface area contributed by atoms with Crippen molar-refractivity contribution in [1.29, 1.82) is 0 Å². The smallest absolute Gasteiger partial charge is 0.393 e. The fourth-order valence-electron chi connectivity index (χ4n) is 11.1. The van der Waals surface area contributed by atoms with Crippen LogP contribution in [0.5, 0.6) is 0 Å².